The summed E-state index contributed by atoms with van der Waals surface area (Å²) in [5.74, 6) is 0.670. The maximum atomic E-state index is 13.3. The Balaban J connectivity index is 0.000000479. The number of Topliss-reactive ketones (excluding diaryl/α,β-unsaturated/α-hetero) is 1. The summed E-state index contributed by atoms with van der Waals surface area (Å²) in [4.78, 5) is 22.3. The molecule has 1 aromatic carbocycles. The van der Waals surface area contributed by atoms with Crippen molar-refractivity contribution in [2.75, 3.05) is 6.54 Å². The van der Waals surface area contributed by atoms with E-state index in [1.54, 1.807) is 11.3 Å². The van der Waals surface area contributed by atoms with E-state index >= 15 is 0 Å². The standard InChI is InChI=1S/C23H36N2OS.C12H13NO.C2H4/c1-7-10-19(11-8-2)23(17(5)22-12-9-13-27-22)21(26)15-25-20(18(6)24)14-16(3)4;1-9(14)6-7-11-8-10-4-2-3-5-12(10)13-11;1-2/h9,12-14,18-19H,7-8,10-11,15,24H2,1-6H3;2-5,8,13-14H,1,6-7H2;1-2H2/b23-17+,25-20?;;. The lowest BCUT2D eigenvalue weighted by Crippen LogP contribution is -2.27. The zero-order chi connectivity index (χ0) is 32.4. The van der Waals surface area contributed by atoms with Crippen molar-refractivity contribution in [2.24, 2.45) is 16.6 Å². The van der Waals surface area contributed by atoms with Gasteiger partial charge in [-0.25, -0.2) is 0 Å². The molecule has 43 heavy (non-hydrogen) atoms. The van der Waals surface area contributed by atoms with Crippen molar-refractivity contribution in [2.45, 2.75) is 86.1 Å². The number of carbonyl (C=O) groups excluding carboxylic acids is 1. The minimum Gasteiger partial charge on any atom is -0.513 e. The van der Waals surface area contributed by atoms with Crippen LogP contribution < -0.4 is 5.73 Å². The topological polar surface area (TPSA) is 91.5 Å². The van der Waals surface area contributed by atoms with Gasteiger partial charge in [0.05, 0.1) is 11.5 Å². The normalized spacial score (nSPS) is 12.4. The van der Waals surface area contributed by atoms with Crippen LogP contribution in [-0.4, -0.2) is 34.2 Å². The van der Waals surface area contributed by atoms with E-state index in [9.17, 15) is 4.79 Å². The van der Waals surface area contributed by atoms with Gasteiger partial charge in [0.25, 0.3) is 0 Å². The van der Waals surface area contributed by atoms with E-state index in [1.165, 1.54) is 10.3 Å². The fourth-order valence-electron chi connectivity index (χ4n) is 4.91. The van der Waals surface area contributed by atoms with Crippen LogP contribution in [0.2, 0.25) is 0 Å². The zero-order valence-electron chi connectivity index (χ0n) is 27.2. The monoisotopic (exact) mass is 603 g/mol. The van der Waals surface area contributed by atoms with Gasteiger partial charge in [-0.05, 0) is 93.5 Å². The van der Waals surface area contributed by atoms with Crippen molar-refractivity contribution < 1.29 is 9.90 Å². The van der Waals surface area contributed by atoms with Crippen LogP contribution in [0.15, 0.2) is 95.6 Å². The molecule has 4 N–H and O–H groups in total. The molecular weight excluding hydrogens is 550 g/mol. The van der Waals surface area contributed by atoms with Gasteiger partial charge >= 0.3 is 0 Å². The number of nitrogens with two attached hydrogens (primary N) is 1. The maximum absolute atomic E-state index is 13.3. The predicted molar refractivity (Wildman–Crippen MR) is 190 cm³/mol. The lowest BCUT2D eigenvalue weighted by Gasteiger charge is -2.21. The van der Waals surface area contributed by atoms with E-state index in [2.05, 4.69) is 74.1 Å². The third-order valence-electron chi connectivity index (χ3n) is 6.85. The number of ketones is 1. The van der Waals surface area contributed by atoms with Crippen LogP contribution in [0, 0.1) is 5.92 Å². The number of aliphatic imine (C=N–C) groups is 1. The second kappa shape index (κ2) is 20.4. The average Bonchev–Trinajstić information content (AvgIpc) is 3.66. The molecule has 0 bridgehead atoms. The second-order valence-electron chi connectivity index (χ2n) is 10.9. The largest absolute Gasteiger partial charge is 0.513 e. The highest BCUT2D eigenvalue weighted by Crippen LogP contribution is 2.32. The van der Waals surface area contributed by atoms with E-state index in [0.717, 1.165) is 65.7 Å². The molecule has 234 valence electrons. The lowest BCUT2D eigenvalue weighted by molar-refractivity contribution is -0.114. The summed E-state index contributed by atoms with van der Waals surface area (Å²) in [6.07, 6.45) is 7.63. The van der Waals surface area contributed by atoms with Crippen LogP contribution in [0.5, 0.6) is 0 Å². The lowest BCUT2D eigenvalue weighted by atomic mass is 9.84. The Hall–Kier alpha value is -3.48. The summed E-state index contributed by atoms with van der Waals surface area (Å²) in [5.41, 5.74) is 12.3. The smallest absolute Gasteiger partial charge is 0.180 e. The molecule has 3 aromatic rings. The number of carbonyl (C=O) groups is 1. The summed E-state index contributed by atoms with van der Waals surface area (Å²) in [6.45, 7) is 22.0. The molecule has 5 nitrogen and oxygen atoms in total. The van der Waals surface area contributed by atoms with Gasteiger partial charge in [0.1, 0.15) is 6.54 Å². The summed E-state index contributed by atoms with van der Waals surface area (Å²) in [6, 6.07) is 14.2. The summed E-state index contributed by atoms with van der Waals surface area (Å²) >= 11 is 1.69. The van der Waals surface area contributed by atoms with Crippen LogP contribution in [0.25, 0.3) is 16.5 Å². The van der Waals surface area contributed by atoms with Crippen LogP contribution in [0.1, 0.15) is 84.2 Å². The number of thiophene rings is 1. The van der Waals surface area contributed by atoms with Gasteiger partial charge in [-0.1, -0.05) is 63.1 Å². The second-order valence-corrected chi connectivity index (χ2v) is 11.9. The molecule has 2 heterocycles. The molecule has 3 rings (SSSR count). The average molecular weight is 604 g/mol. The van der Waals surface area contributed by atoms with Crippen molar-refractivity contribution in [1.82, 2.24) is 4.98 Å². The van der Waals surface area contributed by atoms with Crippen molar-refractivity contribution >= 4 is 39.3 Å². The number of aromatic amines is 1. The Labute approximate surface area is 264 Å². The number of H-pyrrole nitrogens is 1. The Bertz CT molecular complexity index is 1320. The molecule has 1 atom stereocenters. The molecule has 0 spiro atoms. The number of aliphatic hydroxyl groups is 1. The molecule has 1 unspecified atom stereocenters. The molecule has 0 radical (unpaired) electrons. The molecule has 2 aromatic heterocycles. The van der Waals surface area contributed by atoms with Crippen molar-refractivity contribution in [1.29, 1.82) is 0 Å². The Morgan fingerprint density at radius 2 is 1.74 bits per heavy atom. The number of hydrogen-bond donors (Lipinski definition) is 3. The summed E-state index contributed by atoms with van der Waals surface area (Å²) in [7, 11) is 0. The quantitative estimate of drug-likeness (QED) is 0.0741. The number of para-hydroxylation sites is 1. The third kappa shape index (κ3) is 13.1. The van der Waals surface area contributed by atoms with Gasteiger partial charge in [-0.3, -0.25) is 9.79 Å². The number of fused-ring (bicyclic) bond motifs is 1. The molecular formula is C37H53N3O2S. The van der Waals surface area contributed by atoms with Crippen molar-refractivity contribution in [3.63, 3.8) is 0 Å². The van der Waals surface area contributed by atoms with Gasteiger partial charge in [0.2, 0.25) is 0 Å². The summed E-state index contributed by atoms with van der Waals surface area (Å²) < 4.78 is 0. The first-order chi connectivity index (χ1) is 20.6. The third-order valence-corrected chi connectivity index (χ3v) is 7.84. The van der Waals surface area contributed by atoms with Gasteiger partial charge < -0.3 is 15.8 Å². The fourth-order valence-corrected chi connectivity index (χ4v) is 5.66. The molecule has 0 saturated carbocycles. The number of nitrogens with zero attached hydrogens (tertiary/aromatic N) is 1. The highest BCUT2D eigenvalue weighted by molar-refractivity contribution is 7.11. The number of aromatic nitrogens is 1. The number of benzene rings is 1. The summed E-state index contributed by atoms with van der Waals surface area (Å²) in [5, 5.41) is 12.3. The fraction of sp³-hybridized carbons (Fsp3) is 0.405. The maximum Gasteiger partial charge on any atom is 0.180 e. The minimum absolute atomic E-state index is 0.133. The molecule has 0 amide bonds. The van der Waals surface area contributed by atoms with Gasteiger partial charge in [0.15, 0.2) is 5.78 Å². The number of allylic oxidation sites excluding steroid dienone is 3. The predicted octanol–water partition coefficient (Wildman–Crippen LogP) is 10.0. The van der Waals surface area contributed by atoms with Crippen LogP contribution in [-0.2, 0) is 11.2 Å². The molecule has 0 aliphatic carbocycles. The number of aliphatic hydroxyl groups excluding tert-OH is 1. The first kappa shape index (κ1) is 37.5. The number of aryl methyl sites for hydroxylation is 1. The Kier molecular flexibility index (Phi) is 17.8. The van der Waals surface area contributed by atoms with Crippen LogP contribution >= 0.6 is 11.3 Å². The van der Waals surface area contributed by atoms with E-state index in [-0.39, 0.29) is 24.1 Å². The Morgan fingerprint density at radius 1 is 1.09 bits per heavy atom. The first-order valence-electron chi connectivity index (χ1n) is 15.2. The van der Waals surface area contributed by atoms with Gasteiger partial charge in [-0.2, -0.15) is 0 Å². The van der Waals surface area contributed by atoms with Crippen LogP contribution in [0.3, 0.4) is 0 Å². The Morgan fingerprint density at radius 3 is 2.26 bits per heavy atom. The van der Waals surface area contributed by atoms with Gasteiger partial charge in [0, 0.05) is 34.1 Å². The van der Waals surface area contributed by atoms with E-state index in [1.807, 2.05) is 51.1 Å². The number of nitrogens with one attached hydrogen (secondary N) is 1. The molecule has 0 saturated heterocycles. The van der Waals surface area contributed by atoms with E-state index < -0.39 is 0 Å². The molecule has 0 aliphatic heterocycles. The SMILES string of the molecule is C=C.C=C(O)CCc1cc2ccccc2[nH]1.CCCC(CCC)/C(C(=O)CN=C(C=C(C)C)C(C)N)=C(/C)c1cccs1. The van der Waals surface area contributed by atoms with E-state index in [4.69, 9.17) is 10.8 Å². The minimum atomic E-state index is -0.180. The molecule has 0 aliphatic rings. The van der Waals surface area contributed by atoms with Gasteiger partial charge in [-0.15, -0.1) is 24.5 Å². The molecule has 0 fully saturated rings. The van der Waals surface area contributed by atoms with Crippen molar-refractivity contribution in [3.8, 4) is 0 Å². The first-order valence-corrected chi connectivity index (χ1v) is 16.1. The van der Waals surface area contributed by atoms with Crippen molar-refractivity contribution in [3.05, 3.63) is 101 Å². The highest BCUT2D eigenvalue weighted by Gasteiger charge is 2.23. The van der Waals surface area contributed by atoms with E-state index in [0.29, 0.717) is 12.3 Å². The zero-order valence-corrected chi connectivity index (χ0v) is 28.0. The number of rotatable bonds is 14. The van der Waals surface area contributed by atoms with Crippen LogP contribution in [0.4, 0.5) is 0 Å². The highest BCUT2D eigenvalue weighted by atomic mass is 32.1. The molecule has 6 heteroatoms. The number of hydrogen-bond acceptors (Lipinski definition) is 5.